The van der Waals surface area contributed by atoms with Crippen LogP contribution >= 0.6 is 11.6 Å². The van der Waals surface area contributed by atoms with Crippen molar-refractivity contribution in [3.8, 4) is 5.75 Å². The van der Waals surface area contributed by atoms with Crippen LogP contribution in [0.15, 0.2) is 18.2 Å². The van der Waals surface area contributed by atoms with E-state index in [0.29, 0.717) is 13.0 Å². The Morgan fingerprint density at radius 3 is 2.74 bits per heavy atom. The number of aromatic hydroxyl groups is 1. The molecule has 1 aliphatic rings. The number of aliphatic carboxylic acids is 1. The van der Waals surface area contributed by atoms with Gasteiger partial charge in [-0.15, -0.1) is 0 Å². The van der Waals surface area contributed by atoms with Crippen LogP contribution in [0.4, 0.5) is 0 Å². The fourth-order valence-corrected chi connectivity index (χ4v) is 2.46. The number of nitrogens with zero attached hydrogens (tertiary/aromatic N) is 1. The van der Waals surface area contributed by atoms with Gasteiger partial charge in [-0.05, 0) is 37.5 Å². The van der Waals surface area contributed by atoms with Crippen LogP contribution < -0.4 is 0 Å². The van der Waals surface area contributed by atoms with Gasteiger partial charge in [-0.1, -0.05) is 11.6 Å². The highest BCUT2D eigenvalue weighted by Gasteiger charge is 2.33. The Hall–Kier alpha value is -1.75. The van der Waals surface area contributed by atoms with Crippen molar-refractivity contribution in [1.29, 1.82) is 0 Å². The van der Waals surface area contributed by atoms with Crippen LogP contribution in [0.2, 0.25) is 5.02 Å². The van der Waals surface area contributed by atoms with Crippen molar-refractivity contribution in [2.45, 2.75) is 25.3 Å². The molecule has 0 aromatic heterocycles. The fourth-order valence-electron chi connectivity index (χ4n) is 2.26. The Balaban J connectivity index is 2.31. The molecule has 1 atom stereocenters. The van der Waals surface area contributed by atoms with Crippen molar-refractivity contribution in [3.05, 3.63) is 28.8 Å². The minimum absolute atomic E-state index is 0.0726. The molecule has 0 unspecified atom stereocenters. The van der Waals surface area contributed by atoms with Crippen LogP contribution in [0.25, 0.3) is 0 Å². The van der Waals surface area contributed by atoms with Gasteiger partial charge in [0.2, 0.25) is 0 Å². The number of amides is 1. The number of likely N-dealkylation sites (tertiary alicyclic amines) is 1. The predicted molar refractivity (Wildman–Crippen MR) is 69.4 cm³/mol. The minimum Gasteiger partial charge on any atom is -0.508 e. The first-order valence-corrected chi connectivity index (χ1v) is 6.41. The molecule has 102 valence electrons. The summed E-state index contributed by atoms with van der Waals surface area (Å²) in [6, 6.07) is 3.24. The van der Waals surface area contributed by atoms with E-state index in [2.05, 4.69) is 0 Å². The third-order valence-electron chi connectivity index (χ3n) is 3.23. The zero-order chi connectivity index (χ0) is 14.0. The normalized spacial score (nSPS) is 19.2. The SMILES string of the molecule is O=C(O)[C@H]1CCCCN1C(=O)c1cc(O)ccc1Cl. The van der Waals surface area contributed by atoms with E-state index in [1.165, 1.54) is 23.1 Å². The molecule has 1 saturated heterocycles. The third-order valence-corrected chi connectivity index (χ3v) is 3.56. The third kappa shape index (κ3) is 2.81. The van der Waals surface area contributed by atoms with Crippen molar-refractivity contribution in [2.24, 2.45) is 0 Å². The highest BCUT2D eigenvalue weighted by Crippen LogP contribution is 2.26. The summed E-state index contributed by atoms with van der Waals surface area (Å²) in [7, 11) is 0. The first-order chi connectivity index (χ1) is 9.00. The smallest absolute Gasteiger partial charge is 0.326 e. The molecule has 1 aromatic carbocycles. The lowest BCUT2D eigenvalue weighted by molar-refractivity contribution is -0.143. The van der Waals surface area contributed by atoms with E-state index in [9.17, 15) is 14.7 Å². The largest absolute Gasteiger partial charge is 0.508 e. The number of rotatable bonds is 2. The summed E-state index contributed by atoms with van der Waals surface area (Å²) in [5, 5.41) is 18.8. The summed E-state index contributed by atoms with van der Waals surface area (Å²) in [6.07, 6.45) is 2.00. The lowest BCUT2D eigenvalue weighted by atomic mass is 10.0. The van der Waals surface area contributed by atoms with E-state index in [4.69, 9.17) is 16.7 Å². The van der Waals surface area contributed by atoms with Crippen LogP contribution in [0.1, 0.15) is 29.6 Å². The lowest BCUT2D eigenvalue weighted by Gasteiger charge is -2.33. The minimum atomic E-state index is -1.01. The maximum atomic E-state index is 12.4. The standard InChI is InChI=1S/C13H14ClNO4/c14-10-5-4-8(16)7-9(10)12(17)15-6-2-1-3-11(15)13(18)19/h4-5,7,11,16H,1-3,6H2,(H,18,19)/t11-/m1/s1. The van der Waals surface area contributed by atoms with Crippen LogP contribution in [0.5, 0.6) is 5.75 Å². The first-order valence-electron chi connectivity index (χ1n) is 6.03. The molecule has 1 aliphatic heterocycles. The molecular weight excluding hydrogens is 270 g/mol. The topological polar surface area (TPSA) is 77.8 Å². The summed E-state index contributed by atoms with van der Waals surface area (Å²) in [5.74, 6) is -1.53. The molecule has 1 amide bonds. The Kier molecular flexibility index (Phi) is 3.95. The molecule has 0 spiro atoms. The second-order valence-electron chi connectivity index (χ2n) is 4.51. The summed E-state index contributed by atoms with van der Waals surface area (Å²) in [5.41, 5.74) is 0.134. The van der Waals surface area contributed by atoms with Crippen molar-refractivity contribution in [2.75, 3.05) is 6.54 Å². The van der Waals surface area contributed by atoms with Gasteiger partial charge in [-0.3, -0.25) is 4.79 Å². The Morgan fingerprint density at radius 2 is 2.05 bits per heavy atom. The molecule has 1 heterocycles. The number of phenols is 1. The van der Waals surface area contributed by atoms with Gasteiger partial charge in [0.1, 0.15) is 11.8 Å². The monoisotopic (exact) mass is 283 g/mol. The number of phenolic OH excluding ortho intramolecular Hbond substituents is 1. The predicted octanol–water partition coefficient (Wildman–Crippen LogP) is 2.12. The molecule has 2 N–H and O–H groups in total. The summed E-state index contributed by atoms with van der Waals surface area (Å²) < 4.78 is 0. The highest BCUT2D eigenvalue weighted by atomic mass is 35.5. The van der Waals surface area contributed by atoms with Gasteiger partial charge in [-0.25, -0.2) is 4.79 Å². The van der Waals surface area contributed by atoms with Crippen LogP contribution in [0, 0.1) is 0 Å². The molecule has 19 heavy (non-hydrogen) atoms. The van der Waals surface area contributed by atoms with Crippen molar-refractivity contribution in [3.63, 3.8) is 0 Å². The Morgan fingerprint density at radius 1 is 1.32 bits per heavy atom. The van der Waals surface area contributed by atoms with Gasteiger partial charge in [0, 0.05) is 6.54 Å². The number of carbonyl (C=O) groups is 2. The van der Waals surface area contributed by atoms with Gasteiger partial charge >= 0.3 is 5.97 Å². The first kappa shape index (κ1) is 13.7. The number of carboxylic acid groups (broad SMARTS) is 1. The van der Waals surface area contributed by atoms with Crippen molar-refractivity contribution < 1.29 is 19.8 Å². The number of carboxylic acids is 1. The van der Waals surface area contributed by atoms with E-state index in [1.807, 2.05) is 0 Å². The number of halogens is 1. The average Bonchev–Trinajstić information content (AvgIpc) is 2.40. The van der Waals surface area contributed by atoms with E-state index < -0.39 is 17.9 Å². The molecule has 5 nitrogen and oxygen atoms in total. The molecule has 0 saturated carbocycles. The van der Waals surface area contributed by atoms with Gasteiger partial charge in [-0.2, -0.15) is 0 Å². The summed E-state index contributed by atoms with van der Waals surface area (Å²) >= 11 is 5.93. The Bertz CT molecular complexity index is 517. The second-order valence-corrected chi connectivity index (χ2v) is 4.92. The van der Waals surface area contributed by atoms with Gasteiger partial charge in [0.15, 0.2) is 0 Å². The van der Waals surface area contributed by atoms with Gasteiger partial charge in [0.05, 0.1) is 10.6 Å². The van der Waals surface area contributed by atoms with Crippen LogP contribution in [-0.4, -0.2) is 39.6 Å². The quantitative estimate of drug-likeness (QED) is 0.871. The van der Waals surface area contributed by atoms with Crippen molar-refractivity contribution in [1.82, 2.24) is 4.90 Å². The number of hydrogen-bond acceptors (Lipinski definition) is 3. The maximum absolute atomic E-state index is 12.4. The molecule has 1 fully saturated rings. The van der Waals surface area contributed by atoms with Gasteiger partial charge in [0.25, 0.3) is 5.91 Å². The summed E-state index contributed by atoms with van der Waals surface area (Å²) in [4.78, 5) is 24.8. The molecule has 6 heteroatoms. The number of hydrogen-bond donors (Lipinski definition) is 2. The summed E-state index contributed by atoms with van der Waals surface area (Å²) in [6.45, 7) is 0.391. The van der Waals surface area contributed by atoms with E-state index in [-0.39, 0.29) is 16.3 Å². The van der Waals surface area contributed by atoms with E-state index in [1.54, 1.807) is 0 Å². The average molecular weight is 284 g/mol. The van der Waals surface area contributed by atoms with Crippen LogP contribution in [-0.2, 0) is 4.79 Å². The molecule has 0 radical (unpaired) electrons. The molecule has 0 aliphatic carbocycles. The molecule has 1 aromatic rings. The van der Waals surface area contributed by atoms with Gasteiger partial charge < -0.3 is 15.1 Å². The maximum Gasteiger partial charge on any atom is 0.326 e. The lowest BCUT2D eigenvalue weighted by Crippen LogP contribution is -2.48. The van der Waals surface area contributed by atoms with E-state index in [0.717, 1.165) is 12.8 Å². The highest BCUT2D eigenvalue weighted by molar-refractivity contribution is 6.33. The zero-order valence-electron chi connectivity index (χ0n) is 10.2. The zero-order valence-corrected chi connectivity index (χ0v) is 10.9. The molecule has 2 rings (SSSR count). The Labute approximate surface area is 115 Å². The number of carbonyl (C=O) groups excluding carboxylic acids is 1. The number of benzene rings is 1. The number of piperidine rings is 1. The molecule has 0 bridgehead atoms. The van der Waals surface area contributed by atoms with Crippen LogP contribution in [0.3, 0.4) is 0 Å². The second kappa shape index (κ2) is 5.48. The van der Waals surface area contributed by atoms with Crippen molar-refractivity contribution >= 4 is 23.5 Å². The molecular formula is C13H14ClNO4. The fraction of sp³-hybridized carbons (Fsp3) is 0.385. The van der Waals surface area contributed by atoms with E-state index >= 15 is 0 Å².